The van der Waals surface area contributed by atoms with Gasteiger partial charge in [-0.15, -0.1) is 12.4 Å². The number of nitrogens with two attached hydrogens (primary N) is 1. The summed E-state index contributed by atoms with van der Waals surface area (Å²) in [5.74, 6) is 0. The maximum Gasteiger partial charge on any atom is 0.389 e. The molecule has 0 saturated heterocycles. The van der Waals surface area contributed by atoms with Crippen molar-refractivity contribution in [2.24, 2.45) is 5.73 Å². The number of halogens is 5. The van der Waals surface area contributed by atoms with E-state index in [9.17, 15) is 13.2 Å². The molecule has 0 aliphatic carbocycles. The van der Waals surface area contributed by atoms with Crippen LogP contribution in [0.4, 0.5) is 13.2 Å². The summed E-state index contributed by atoms with van der Waals surface area (Å²) in [6.07, 6.45) is -3.62. The zero-order valence-electron chi connectivity index (χ0n) is 8.17. The topological polar surface area (TPSA) is 38.9 Å². The van der Waals surface area contributed by atoms with Gasteiger partial charge in [-0.1, -0.05) is 0 Å². The van der Waals surface area contributed by atoms with E-state index in [1.54, 1.807) is 12.1 Å². The van der Waals surface area contributed by atoms with Crippen LogP contribution in [0.1, 0.15) is 24.4 Å². The van der Waals surface area contributed by atoms with Gasteiger partial charge in [0.1, 0.15) is 4.60 Å². The van der Waals surface area contributed by atoms with Crippen LogP contribution in [0.2, 0.25) is 0 Å². The summed E-state index contributed by atoms with van der Waals surface area (Å²) in [6.45, 7) is 0. The minimum Gasteiger partial charge on any atom is -0.324 e. The van der Waals surface area contributed by atoms with Gasteiger partial charge in [0.2, 0.25) is 0 Å². The first kappa shape index (κ1) is 15.7. The Morgan fingerprint density at radius 1 is 1.44 bits per heavy atom. The highest BCUT2D eigenvalue weighted by Gasteiger charge is 2.27. The first-order chi connectivity index (χ1) is 6.88. The molecule has 0 spiro atoms. The normalized spacial score (nSPS) is 13.1. The van der Waals surface area contributed by atoms with Crippen molar-refractivity contribution in [3.8, 4) is 0 Å². The molecule has 2 nitrogen and oxygen atoms in total. The fraction of sp³-hybridized carbons (Fsp3) is 0.444. The predicted molar refractivity (Wildman–Crippen MR) is 61.4 cm³/mol. The first-order valence-electron chi connectivity index (χ1n) is 4.32. The van der Waals surface area contributed by atoms with Crippen molar-refractivity contribution in [2.75, 3.05) is 0 Å². The fourth-order valence-corrected chi connectivity index (χ4v) is 1.52. The summed E-state index contributed by atoms with van der Waals surface area (Å²) >= 11 is 3.13. The molecule has 0 radical (unpaired) electrons. The van der Waals surface area contributed by atoms with E-state index in [1.807, 2.05) is 0 Å². The third-order valence-electron chi connectivity index (χ3n) is 1.92. The number of rotatable bonds is 3. The van der Waals surface area contributed by atoms with E-state index >= 15 is 0 Å². The average Bonchev–Trinajstić information content (AvgIpc) is 2.13. The van der Waals surface area contributed by atoms with Crippen molar-refractivity contribution in [3.63, 3.8) is 0 Å². The maximum atomic E-state index is 11.9. The van der Waals surface area contributed by atoms with Gasteiger partial charge in [0.05, 0.1) is 0 Å². The Morgan fingerprint density at radius 2 is 2.06 bits per heavy atom. The lowest BCUT2D eigenvalue weighted by Gasteiger charge is -2.13. The van der Waals surface area contributed by atoms with Crippen molar-refractivity contribution in [2.45, 2.75) is 25.1 Å². The Hall–Kier alpha value is -0.330. The molecule has 16 heavy (non-hydrogen) atoms. The molecular weight excluding hydrogens is 308 g/mol. The highest BCUT2D eigenvalue weighted by Crippen LogP contribution is 2.26. The van der Waals surface area contributed by atoms with Gasteiger partial charge in [-0.2, -0.15) is 13.2 Å². The maximum absolute atomic E-state index is 11.9. The van der Waals surface area contributed by atoms with Crippen LogP contribution in [0.25, 0.3) is 0 Å². The summed E-state index contributed by atoms with van der Waals surface area (Å²) in [6, 6.07) is 2.64. The Bertz CT molecular complexity index is 333. The molecule has 1 atom stereocenters. The largest absolute Gasteiger partial charge is 0.389 e. The molecule has 0 aliphatic heterocycles. The van der Waals surface area contributed by atoms with Crippen LogP contribution in [-0.2, 0) is 0 Å². The molecule has 0 aromatic carbocycles. The van der Waals surface area contributed by atoms with Crippen LogP contribution in [-0.4, -0.2) is 11.2 Å². The zero-order chi connectivity index (χ0) is 11.5. The molecule has 0 saturated carbocycles. The monoisotopic (exact) mass is 318 g/mol. The number of nitrogens with zero attached hydrogens (tertiary/aromatic N) is 1. The average molecular weight is 320 g/mol. The van der Waals surface area contributed by atoms with Crippen molar-refractivity contribution >= 4 is 28.3 Å². The molecule has 7 heteroatoms. The minimum atomic E-state index is -4.15. The minimum absolute atomic E-state index is 0. The second-order valence-electron chi connectivity index (χ2n) is 3.17. The van der Waals surface area contributed by atoms with E-state index < -0.39 is 18.6 Å². The Kier molecular flexibility index (Phi) is 6.28. The molecule has 0 bridgehead atoms. The van der Waals surface area contributed by atoms with E-state index in [2.05, 4.69) is 20.9 Å². The second kappa shape index (κ2) is 6.42. The second-order valence-corrected chi connectivity index (χ2v) is 3.98. The lowest BCUT2D eigenvalue weighted by Crippen LogP contribution is -2.15. The number of alkyl halides is 3. The van der Waals surface area contributed by atoms with E-state index in [0.29, 0.717) is 10.2 Å². The lowest BCUT2D eigenvalue weighted by atomic mass is 10.0. The van der Waals surface area contributed by atoms with Crippen LogP contribution in [0.15, 0.2) is 22.9 Å². The Labute approximate surface area is 106 Å². The molecule has 0 amide bonds. The van der Waals surface area contributed by atoms with Gasteiger partial charge in [-0.25, -0.2) is 4.98 Å². The highest BCUT2D eigenvalue weighted by atomic mass is 79.9. The smallest absolute Gasteiger partial charge is 0.324 e. The van der Waals surface area contributed by atoms with E-state index in [4.69, 9.17) is 5.73 Å². The molecule has 1 aromatic heterocycles. The van der Waals surface area contributed by atoms with Crippen molar-refractivity contribution in [1.29, 1.82) is 0 Å². The highest BCUT2D eigenvalue weighted by molar-refractivity contribution is 9.10. The van der Waals surface area contributed by atoms with Gasteiger partial charge in [-0.05, 0) is 40.0 Å². The molecule has 1 aromatic rings. The summed E-state index contributed by atoms with van der Waals surface area (Å²) in [7, 11) is 0. The number of hydrogen-bond donors (Lipinski definition) is 1. The standard InChI is InChI=1S/C9H10BrF3N2.ClH/c10-8-5-6(2-4-15-8)7(14)1-3-9(11,12)13;/h2,4-5,7H,1,3,14H2;1H/t7-;/m1./s1. The number of aromatic nitrogens is 1. The fourth-order valence-electron chi connectivity index (χ4n) is 1.13. The van der Waals surface area contributed by atoms with Gasteiger partial charge in [0.25, 0.3) is 0 Å². The third kappa shape index (κ3) is 5.67. The third-order valence-corrected chi connectivity index (χ3v) is 2.35. The number of pyridine rings is 1. The molecule has 1 rings (SSSR count). The zero-order valence-corrected chi connectivity index (χ0v) is 10.6. The van der Waals surface area contributed by atoms with Crippen LogP contribution >= 0.6 is 28.3 Å². The van der Waals surface area contributed by atoms with Crippen LogP contribution in [0.5, 0.6) is 0 Å². The van der Waals surface area contributed by atoms with Crippen molar-refractivity contribution in [1.82, 2.24) is 4.98 Å². The van der Waals surface area contributed by atoms with Gasteiger partial charge in [0.15, 0.2) is 0 Å². The van der Waals surface area contributed by atoms with Gasteiger partial charge >= 0.3 is 6.18 Å². The van der Waals surface area contributed by atoms with Crippen molar-refractivity contribution in [3.05, 3.63) is 28.5 Å². The molecule has 0 aliphatic rings. The van der Waals surface area contributed by atoms with Gasteiger partial charge in [0, 0.05) is 18.7 Å². The van der Waals surface area contributed by atoms with Crippen LogP contribution in [0.3, 0.4) is 0 Å². The summed E-state index contributed by atoms with van der Waals surface area (Å²) < 4.78 is 36.4. The molecular formula is C9H11BrClF3N2. The molecule has 1 heterocycles. The van der Waals surface area contributed by atoms with E-state index in [-0.39, 0.29) is 18.8 Å². The SMILES string of the molecule is Cl.N[C@H](CCC(F)(F)F)c1ccnc(Br)c1. The Morgan fingerprint density at radius 3 is 2.56 bits per heavy atom. The van der Waals surface area contributed by atoms with E-state index in [1.165, 1.54) is 6.20 Å². The van der Waals surface area contributed by atoms with Gasteiger partial charge < -0.3 is 5.73 Å². The summed E-state index contributed by atoms with van der Waals surface area (Å²) in [5, 5.41) is 0. The number of hydrogen-bond acceptors (Lipinski definition) is 2. The molecule has 2 N–H and O–H groups in total. The summed E-state index contributed by atoms with van der Waals surface area (Å²) in [4.78, 5) is 3.87. The lowest BCUT2D eigenvalue weighted by molar-refractivity contribution is -0.136. The first-order valence-corrected chi connectivity index (χ1v) is 5.11. The Balaban J connectivity index is 0.00000225. The van der Waals surface area contributed by atoms with Crippen LogP contribution < -0.4 is 5.73 Å². The molecule has 0 unspecified atom stereocenters. The van der Waals surface area contributed by atoms with Crippen molar-refractivity contribution < 1.29 is 13.2 Å². The van der Waals surface area contributed by atoms with E-state index in [0.717, 1.165) is 0 Å². The summed E-state index contributed by atoms with van der Waals surface area (Å²) in [5.41, 5.74) is 6.28. The van der Waals surface area contributed by atoms with Gasteiger partial charge in [-0.3, -0.25) is 0 Å². The predicted octanol–water partition coefficient (Wildman–Crippen LogP) is 3.61. The quantitative estimate of drug-likeness (QED) is 0.865. The van der Waals surface area contributed by atoms with Crippen LogP contribution in [0, 0.1) is 0 Å². The molecule has 92 valence electrons. The molecule has 0 fully saturated rings.